The van der Waals surface area contributed by atoms with Crippen molar-refractivity contribution in [1.82, 2.24) is 5.16 Å². The molecule has 6 nitrogen and oxygen atoms in total. The second kappa shape index (κ2) is 6.23. The summed E-state index contributed by atoms with van der Waals surface area (Å²) in [5.41, 5.74) is 0.557. The summed E-state index contributed by atoms with van der Waals surface area (Å²) >= 11 is 0. The number of nitrogens with zero attached hydrogens (tertiary/aromatic N) is 1. The molecule has 0 amide bonds. The predicted molar refractivity (Wildman–Crippen MR) is 72.3 cm³/mol. The third kappa shape index (κ3) is 3.60. The van der Waals surface area contributed by atoms with Crippen LogP contribution in [0.2, 0.25) is 0 Å². The topological polar surface area (TPSA) is 92.4 Å². The maximum Gasteiger partial charge on any atom is 0.263 e. The molecule has 1 heterocycles. The number of aromatic nitrogens is 1. The van der Waals surface area contributed by atoms with Gasteiger partial charge in [-0.3, -0.25) is 4.72 Å². The van der Waals surface area contributed by atoms with E-state index in [-0.39, 0.29) is 17.3 Å². The van der Waals surface area contributed by atoms with Crippen molar-refractivity contribution in [2.24, 2.45) is 0 Å². The van der Waals surface area contributed by atoms with Crippen molar-refractivity contribution >= 4 is 15.8 Å². The third-order valence-corrected chi connectivity index (χ3v) is 3.64. The fourth-order valence-electron chi connectivity index (χ4n) is 1.42. The highest BCUT2D eigenvalue weighted by Gasteiger charge is 2.15. The average Bonchev–Trinajstić information content (AvgIpc) is 2.92. The fraction of sp³-hybridized carbons (Fsp3) is 0.154. The Balaban J connectivity index is 2.24. The van der Waals surface area contributed by atoms with E-state index in [9.17, 15) is 8.42 Å². The monoisotopic (exact) mass is 292 g/mol. The maximum absolute atomic E-state index is 12.1. The van der Waals surface area contributed by atoms with Crippen molar-refractivity contribution in [3.63, 3.8) is 0 Å². The number of aliphatic hydroxyl groups is 1. The molecule has 0 aliphatic heterocycles. The molecule has 0 saturated carbocycles. The first-order valence-electron chi connectivity index (χ1n) is 5.75. The second-order valence-corrected chi connectivity index (χ2v) is 5.48. The molecule has 0 saturated heterocycles. The summed E-state index contributed by atoms with van der Waals surface area (Å²) in [4.78, 5) is 0.0799. The Bertz CT molecular complexity index is 727. The van der Waals surface area contributed by atoms with E-state index in [1.54, 1.807) is 12.1 Å². The summed E-state index contributed by atoms with van der Waals surface area (Å²) < 4.78 is 31.1. The highest BCUT2D eigenvalue weighted by Crippen LogP contribution is 2.15. The van der Waals surface area contributed by atoms with Crippen molar-refractivity contribution in [3.8, 4) is 11.8 Å². The lowest BCUT2D eigenvalue weighted by atomic mass is 10.2. The normalized spacial score (nSPS) is 10.7. The SMILES string of the molecule is O=S(=O)(Nc1ccon1)c1cccc(C#CCCO)c1. The van der Waals surface area contributed by atoms with E-state index in [0.29, 0.717) is 12.0 Å². The van der Waals surface area contributed by atoms with E-state index < -0.39 is 10.0 Å². The molecule has 2 aromatic rings. The van der Waals surface area contributed by atoms with E-state index in [1.165, 1.54) is 24.5 Å². The zero-order valence-corrected chi connectivity index (χ0v) is 11.2. The van der Waals surface area contributed by atoms with Crippen LogP contribution in [0.3, 0.4) is 0 Å². The molecular formula is C13H12N2O4S. The molecule has 7 heteroatoms. The van der Waals surface area contributed by atoms with Gasteiger partial charge in [0.25, 0.3) is 10.0 Å². The number of benzene rings is 1. The quantitative estimate of drug-likeness (QED) is 0.826. The smallest absolute Gasteiger partial charge is 0.263 e. The van der Waals surface area contributed by atoms with Gasteiger partial charge in [-0.25, -0.2) is 8.42 Å². The van der Waals surface area contributed by atoms with Crippen LogP contribution in [0.1, 0.15) is 12.0 Å². The van der Waals surface area contributed by atoms with E-state index in [0.717, 1.165) is 0 Å². The number of hydrogen-bond donors (Lipinski definition) is 2. The molecule has 0 aliphatic rings. The molecule has 2 N–H and O–H groups in total. The minimum Gasteiger partial charge on any atom is -0.395 e. The number of sulfonamides is 1. The predicted octanol–water partition coefficient (Wildman–Crippen LogP) is 1.21. The first-order valence-corrected chi connectivity index (χ1v) is 7.23. The summed E-state index contributed by atoms with van der Waals surface area (Å²) in [6.07, 6.45) is 1.61. The minimum atomic E-state index is -3.73. The average molecular weight is 292 g/mol. The molecule has 0 atom stereocenters. The number of aliphatic hydroxyl groups excluding tert-OH is 1. The molecule has 2 rings (SSSR count). The summed E-state index contributed by atoms with van der Waals surface area (Å²) in [5, 5.41) is 12.1. The standard InChI is InChI=1S/C13H12N2O4S/c16-8-2-1-4-11-5-3-6-12(10-11)20(17,18)15-13-7-9-19-14-13/h3,5-7,9-10,16H,2,8H2,(H,14,15). The van der Waals surface area contributed by atoms with Crippen molar-refractivity contribution in [2.45, 2.75) is 11.3 Å². The van der Waals surface area contributed by atoms with Crippen LogP contribution < -0.4 is 4.72 Å². The van der Waals surface area contributed by atoms with E-state index in [1.807, 2.05) is 0 Å². The Labute approximate surface area is 116 Å². The van der Waals surface area contributed by atoms with Gasteiger partial charge < -0.3 is 9.63 Å². The van der Waals surface area contributed by atoms with Crippen molar-refractivity contribution in [2.75, 3.05) is 11.3 Å². The Hall–Kier alpha value is -2.30. The van der Waals surface area contributed by atoms with Crippen LogP contribution >= 0.6 is 0 Å². The number of rotatable bonds is 4. The summed E-state index contributed by atoms with van der Waals surface area (Å²) in [7, 11) is -3.73. The van der Waals surface area contributed by atoms with Crippen molar-refractivity contribution in [1.29, 1.82) is 0 Å². The van der Waals surface area contributed by atoms with Crippen LogP contribution in [0.5, 0.6) is 0 Å². The Morgan fingerprint density at radius 1 is 1.35 bits per heavy atom. The molecule has 0 spiro atoms. The Morgan fingerprint density at radius 2 is 2.20 bits per heavy atom. The van der Waals surface area contributed by atoms with Crippen LogP contribution in [0.4, 0.5) is 5.82 Å². The number of nitrogens with one attached hydrogen (secondary N) is 1. The van der Waals surface area contributed by atoms with Crippen LogP contribution in [-0.4, -0.2) is 25.3 Å². The third-order valence-electron chi connectivity index (χ3n) is 2.29. The van der Waals surface area contributed by atoms with E-state index in [4.69, 9.17) is 5.11 Å². The molecule has 104 valence electrons. The molecule has 1 aromatic heterocycles. The van der Waals surface area contributed by atoms with Gasteiger partial charge in [0.1, 0.15) is 6.26 Å². The van der Waals surface area contributed by atoms with Crippen molar-refractivity contribution < 1.29 is 18.0 Å². The van der Waals surface area contributed by atoms with Crippen LogP contribution in [0.25, 0.3) is 0 Å². The molecule has 0 aliphatic carbocycles. The first-order chi connectivity index (χ1) is 9.62. The molecule has 0 radical (unpaired) electrons. The highest BCUT2D eigenvalue weighted by molar-refractivity contribution is 7.92. The van der Waals surface area contributed by atoms with Gasteiger partial charge in [0.15, 0.2) is 5.82 Å². The van der Waals surface area contributed by atoms with Gasteiger partial charge in [0.2, 0.25) is 0 Å². The maximum atomic E-state index is 12.1. The Morgan fingerprint density at radius 3 is 2.90 bits per heavy atom. The van der Waals surface area contributed by atoms with Crippen LogP contribution in [-0.2, 0) is 10.0 Å². The van der Waals surface area contributed by atoms with Gasteiger partial charge in [-0.1, -0.05) is 23.1 Å². The molecule has 20 heavy (non-hydrogen) atoms. The van der Waals surface area contributed by atoms with E-state index >= 15 is 0 Å². The molecule has 1 aromatic carbocycles. The first kappa shape index (κ1) is 14.1. The van der Waals surface area contributed by atoms with Gasteiger partial charge in [-0.2, -0.15) is 0 Å². The molecule has 0 fully saturated rings. The zero-order valence-electron chi connectivity index (χ0n) is 10.4. The molecule has 0 bridgehead atoms. The number of hydrogen-bond acceptors (Lipinski definition) is 5. The van der Waals surface area contributed by atoms with Gasteiger partial charge in [0, 0.05) is 18.1 Å². The minimum absolute atomic E-state index is 0.0291. The number of anilines is 1. The van der Waals surface area contributed by atoms with Crippen LogP contribution in [0.15, 0.2) is 46.0 Å². The second-order valence-electron chi connectivity index (χ2n) is 3.79. The van der Waals surface area contributed by atoms with E-state index in [2.05, 4.69) is 26.2 Å². The van der Waals surface area contributed by atoms with Gasteiger partial charge in [-0.05, 0) is 18.2 Å². The molecule has 0 unspecified atom stereocenters. The molecular weight excluding hydrogens is 280 g/mol. The van der Waals surface area contributed by atoms with Crippen LogP contribution in [0, 0.1) is 11.8 Å². The fourth-order valence-corrected chi connectivity index (χ4v) is 2.46. The van der Waals surface area contributed by atoms with Gasteiger partial charge in [0.05, 0.1) is 11.5 Å². The van der Waals surface area contributed by atoms with Gasteiger partial charge >= 0.3 is 0 Å². The highest BCUT2D eigenvalue weighted by atomic mass is 32.2. The summed E-state index contributed by atoms with van der Waals surface area (Å²) in [6, 6.07) is 7.61. The van der Waals surface area contributed by atoms with Crippen molar-refractivity contribution in [3.05, 3.63) is 42.2 Å². The lowest BCUT2D eigenvalue weighted by Gasteiger charge is -2.04. The Kier molecular flexibility index (Phi) is 4.40. The van der Waals surface area contributed by atoms with Gasteiger partial charge in [-0.15, -0.1) is 0 Å². The zero-order chi connectivity index (χ0) is 14.4. The summed E-state index contributed by atoms with van der Waals surface area (Å²) in [5.74, 6) is 5.63. The lowest BCUT2D eigenvalue weighted by molar-refractivity contribution is 0.305. The largest absolute Gasteiger partial charge is 0.395 e. The summed E-state index contributed by atoms with van der Waals surface area (Å²) in [6.45, 7) is -0.0291. The lowest BCUT2D eigenvalue weighted by Crippen LogP contribution is -2.13.